The maximum Gasteiger partial charge on any atom is 0.289 e. The predicted molar refractivity (Wildman–Crippen MR) is 162 cm³/mol. The van der Waals surface area contributed by atoms with Crippen molar-refractivity contribution in [3.05, 3.63) is 83.4 Å². The van der Waals surface area contributed by atoms with E-state index in [0.717, 1.165) is 11.8 Å². The first-order valence-corrected chi connectivity index (χ1v) is 15.7. The number of benzene rings is 3. The molecule has 2 aromatic heterocycles. The highest BCUT2D eigenvalue weighted by Crippen LogP contribution is 2.42. The first-order chi connectivity index (χ1) is 20.5. The first kappa shape index (κ1) is 28.4. The Balaban J connectivity index is 1.46. The van der Waals surface area contributed by atoms with Crippen LogP contribution >= 0.6 is 0 Å². The monoisotopic (exact) mass is 603 g/mol. The lowest BCUT2D eigenvalue weighted by molar-refractivity contribution is 0.0696. The van der Waals surface area contributed by atoms with Gasteiger partial charge in [-0.2, -0.15) is 0 Å². The van der Waals surface area contributed by atoms with E-state index in [-0.39, 0.29) is 29.0 Å². The van der Waals surface area contributed by atoms with Crippen LogP contribution in [0.3, 0.4) is 0 Å². The molecule has 5 aromatic rings. The summed E-state index contributed by atoms with van der Waals surface area (Å²) in [6.45, 7) is 0.847. The van der Waals surface area contributed by atoms with Gasteiger partial charge in [-0.3, -0.25) is 13.9 Å². The summed E-state index contributed by atoms with van der Waals surface area (Å²) in [7, 11) is -0.713. The Kier molecular flexibility index (Phi) is 7.17. The van der Waals surface area contributed by atoms with Gasteiger partial charge in [0.1, 0.15) is 17.2 Å². The third-order valence-corrected chi connectivity index (χ3v) is 9.17. The minimum absolute atomic E-state index is 0.241. The molecular formula is C31H30FN5O5S. The Morgan fingerprint density at radius 1 is 1.14 bits per heavy atom. The van der Waals surface area contributed by atoms with E-state index in [1.165, 1.54) is 42.7 Å². The standard InChI is InChI=1S/C31H30FN5O5S/c1-33-30(38)27-22-15-21(19-7-6-14-37(17-19)31(39)29-34-23-8-4-5-9-24(23)35-29)25(36(2)43(3,40)41)16-26(22)42-28(27)18-10-12-20(32)13-11-18/h4-5,8-13,15-16,19H,6-7,14,17H2,1-3H3,(H,33,38)(H,34,35)/t19-/m1/s1. The van der Waals surface area contributed by atoms with Crippen LogP contribution in [0.2, 0.25) is 0 Å². The third-order valence-electron chi connectivity index (χ3n) is 7.97. The Hall–Kier alpha value is -4.71. The number of aromatic amines is 1. The molecule has 3 aromatic carbocycles. The van der Waals surface area contributed by atoms with Crippen molar-refractivity contribution in [1.82, 2.24) is 20.2 Å². The number of halogens is 1. The largest absolute Gasteiger partial charge is 0.455 e. The van der Waals surface area contributed by atoms with Crippen LogP contribution in [0.1, 0.15) is 45.3 Å². The zero-order valence-corrected chi connectivity index (χ0v) is 24.7. The number of furan rings is 1. The van der Waals surface area contributed by atoms with E-state index in [1.54, 1.807) is 17.0 Å². The topological polar surface area (TPSA) is 129 Å². The van der Waals surface area contributed by atoms with Gasteiger partial charge < -0.3 is 19.6 Å². The van der Waals surface area contributed by atoms with Crippen molar-refractivity contribution in [2.24, 2.45) is 0 Å². The highest BCUT2D eigenvalue weighted by molar-refractivity contribution is 7.92. The van der Waals surface area contributed by atoms with E-state index in [0.29, 0.717) is 59.2 Å². The number of hydrogen-bond acceptors (Lipinski definition) is 6. The van der Waals surface area contributed by atoms with E-state index in [9.17, 15) is 22.4 Å². The zero-order valence-electron chi connectivity index (χ0n) is 23.8. The number of carbonyl (C=O) groups is 2. The molecule has 0 unspecified atom stereocenters. The summed E-state index contributed by atoms with van der Waals surface area (Å²) in [6, 6.07) is 16.4. The molecule has 1 fully saturated rings. The number of amides is 2. The minimum atomic E-state index is -3.68. The Morgan fingerprint density at radius 3 is 2.58 bits per heavy atom. The van der Waals surface area contributed by atoms with Crippen LogP contribution in [-0.2, 0) is 10.0 Å². The second-order valence-electron chi connectivity index (χ2n) is 10.7. The number of imidazole rings is 1. The minimum Gasteiger partial charge on any atom is -0.455 e. The molecule has 6 rings (SSSR count). The molecule has 43 heavy (non-hydrogen) atoms. The molecule has 0 bridgehead atoms. The Labute approximate surface area is 247 Å². The van der Waals surface area contributed by atoms with Gasteiger partial charge in [-0.25, -0.2) is 17.8 Å². The van der Waals surface area contributed by atoms with Gasteiger partial charge in [0.15, 0.2) is 5.82 Å². The first-order valence-electron chi connectivity index (χ1n) is 13.8. The maximum atomic E-state index is 13.7. The SMILES string of the molecule is CNC(=O)c1c(-c2ccc(F)cc2)oc2cc(N(C)S(C)(=O)=O)c([C@@H]3CCCN(C(=O)c4nc5ccccc5[nH]4)C3)cc12. The molecule has 10 nitrogen and oxygen atoms in total. The van der Waals surface area contributed by atoms with Crippen molar-refractivity contribution in [3.8, 4) is 11.3 Å². The third kappa shape index (κ3) is 5.22. The van der Waals surface area contributed by atoms with Crippen molar-refractivity contribution in [3.63, 3.8) is 0 Å². The average molecular weight is 604 g/mol. The molecule has 1 atom stereocenters. The van der Waals surface area contributed by atoms with Gasteiger partial charge in [-0.15, -0.1) is 0 Å². The summed E-state index contributed by atoms with van der Waals surface area (Å²) in [5, 5.41) is 3.14. The number of carbonyl (C=O) groups excluding carboxylic acids is 2. The lowest BCUT2D eigenvalue weighted by Gasteiger charge is -2.34. The molecule has 12 heteroatoms. The number of rotatable bonds is 6. The number of H-pyrrole nitrogens is 1. The fourth-order valence-corrected chi connectivity index (χ4v) is 6.22. The van der Waals surface area contributed by atoms with Crippen molar-refractivity contribution in [2.75, 3.05) is 37.7 Å². The number of aromatic nitrogens is 2. The summed E-state index contributed by atoms with van der Waals surface area (Å²) >= 11 is 0. The van der Waals surface area contributed by atoms with Gasteiger partial charge in [-0.05, 0) is 60.9 Å². The highest BCUT2D eigenvalue weighted by Gasteiger charge is 2.32. The van der Waals surface area contributed by atoms with Crippen LogP contribution in [0.4, 0.5) is 10.1 Å². The molecule has 0 radical (unpaired) electrons. The highest BCUT2D eigenvalue weighted by atomic mass is 32.2. The average Bonchev–Trinajstić information content (AvgIpc) is 3.61. The second kappa shape index (κ2) is 10.8. The number of likely N-dealkylation sites (tertiary alicyclic amines) is 1. The molecule has 1 aliphatic rings. The molecule has 1 aliphatic heterocycles. The van der Waals surface area contributed by atoms with E-state index < -0.39 is 21.7 Å². The zero-order chi connectivity index (χ0) is 30.5. The number of piperidine rings is 1. The summed E-state index contributed by atoms with van der Waals surface area (Å²) in [4.78, 5) is 36.0. The summed E-state index contributed by atoms with van der Waals surface area (Å²) < 4.78 is 46.5. The van der Waals surface area contributed by atoms with Gasteiger partial charge >= 0.3 is 0 Å². The molecule has 1 saturated heterocycles. The van der Waals surface area contributed by atoms with Crippen LogP contribution in [0.15, 0.2) is 65.1 Å². The quantitative estimate of drug-likeness (QED) is 0.284. The number of anilines is 1. The van der Waals surface area contributed by atoms with Crippen LogP contribution in [0, 0.1) is 5.82 Å². The molecule has 3 heterocycles. The Morgan fingerprint density at radius 2 is 1.88 bits per heavy atom. The van der Waals surface area contributed by atoms with E-state index in [2.05, 4.69) is 15.3 Å². The van der Waals surface area contributed by atoms with Gasteiger partial charge in [-0.1, -0.05) is 12.1 Å². The van der Waals surface area contributed by atoms with E-state index in [1.807, 2.05) is 24.3 Å². The van der Waals surface area contributed by atoms with Crippen molar-refractivity contribution >= 4 is 49.5 Å². The Bertz CT molecular complexity index is 1950. The number of para-hydroxylation sites is 2. The van der Waals surface area contributed by atoms with E-state index >= 15 is 0 Å². The number of hydrogen-bond donors (Lipinski definition) is 2. The predicted octanol–water partition coefficient (Wildman–Crippen LogP) is 4.89. The van der Waals surface area contributed by atoms with Gasteiger partial charge in [0.25, 0.3) is 11.8 Å². The van der Waals surface area contributed by atoms with Crippen molar-refractivity contribution < 1.29 is 26.8 Å². The van der Waals surface area contributed by atoms with Gasteiger partial charge in [0, 0.05) is 50.1 Å². The van der Waals surface area contributed by atoms with Crippen LogP contribution in [0.5, 0.6) is 0 Å². The normalized spacial score (nSPS) is 15.6. The van der Waals surface area contributed by atoms with Gasteiger partial charge in [0.2, 0.25) is 10.0 Å². The number of fused-ring (bicyclic) bond motifs is 2. The van der Waals surface area contributed by atoms with Gasteiger partial charge in [0.05, 0.1) is 28.5 Å². The maximum absolute atomic E-state index is 13.7. The van der Waals surface area contributed by atoms with E-state index in [4.69, 9.17) is 4.42 Å². The molecular weight excluding hydrogens is 573 g/mol. The number of nitrogens with zero attached hydrogens (tertiary/aromatic N) is 3. The molecule has 2 N–H and O–H groups in total. The summed E-state index contributed by atoms with van der Waals surface area (Å²) in [5.74, 6) is -0.838. The van der Waals surface area contributed by atoms with Crippen molar-refractivity contribution in [1.29, 1.82) is 0 Å². The smallest absolute Gasteiger partial charge is 0.289 e. The van der Waals surface area contributed by atoms with Crippen LogP contribution in [-0.4, -0.2) is 68.5 Å². The summed E-state index contributed by atoms with van der Waals surface area (Å²) in [5.41, 5.74) is 3.57. The van der Waals surface area contributed by atoms with Crippen LogP contribution < -0.4 is 9.62 Å². The number of nitrogens with one attached hydrogen (secondary N) is 2. The lowest BCUT2D eigenvalue weighted by atomic mass is 9.88. The lowest BCUT2D eigenvalue weighted by Crippen LogP contribution is -2.40. The second-order valence-corrected chi connectivity index (χ2v) is 12.7. The number of sulfonamides is 1. The molecule has 0 saturated carbocycles. The molecule has 2 amide bonds. The molecule has 0 spiro atoms. The van der Waals surface area contributed by atoms with Crippen molar-refractivity contribution in [2.45, 2.75) is 18.8 Å². The van der Waals surface area contributed by atoms with Crippen LogP contribution in [0.25, 0.3) is 33.3 Å². The molecule has 222 valence electrons. The fourth-order valence-electron chi connectivity index (χ4n) is 5.70. The summed E-state index contributed by atoms with van der Waals surface area (Å²) in [6.07, 6.45) is 2.49. The fraction of sp³-hybridized carbons (Fsp3) is 0.258. The molecule has 0 aliphatic carbocycles.